The molecule has 5 nitrogen and oxygen atoms in total. The lowest BCUT2D eigenvalue weighted by atomic mass is 10.1. The largest absolute Gasteiger partial charge is 0.354 e. The highest BCUT2D eigenvalue weighted by atomic mass is 35.5. The van der Waals surface area contributed by atoms with Gasteiger partial charge in [-0.1, -0.05) is 48.4 Å². The average Bonchev–Trinajstić information content (AvgIpc) is 2.66. The first kappa shape index (κ1) is 23.2. The van der Waals surface area contributed by atoms with Crippen molar-refractivity contribution in [2.75, 3.05) is 17.1 Å². The van der Waals surface area contributed by atoms with Crippen molar-refractivity contribution in [1.82, 2.24) is 5.32 Å². The summed E-state index contributed by atoms with van der Waals surface area (Å²) in [6, 6.07) is 10.8. The second-order valence-corrected chi connectivity index (χ2v) is 9.23. The quantitative estimate of drug-likeness (QED) is 0.597. The van der Waals surface area contributed by atoms with Crippen LogP contribution < -0.4 is 9.62 Å². The summed E-state index contributed by atoms with van der Waals surface area (Å²) in [6.07, 6.45) is 2.80. The van der Waals surface area contributed by atoms with Gasteiger partial charge in [0.15, 0.2) is 0 Å². The number of amides is 1. The molecule has 2 rings (SSSR count). The number of hydrogen-bond acceptors (Lipinski definition) is 3. The molecule has 1 unspecified atom stereocenters. The molecule has 29 heavy (non-hydrogen) atoms. The van der Waals surface area contributed by atoms with Crippen molar-refractivity contribution in [3.8, 4) is 0 Å². The van der Waals surface area contributed by atoms with Gasteiger partial charge in [0, 0.05) is 6.54 Å². The zero-order chi connectivity index (χ0) is 21.6. The Morgan fingerprint density at radius 2 is 1.86 bits per heavy atom. The molecule has 0 radical (unpaired) electrons. The fourth-order valence-electron chi connectivity index (χ4n) is 3.06. The second-order valence-electron chi connectivity index (χ2n) is 6.96. The smallest absolute Gasteiger partial charge is 0.243 e. The maximum absolute atomic E-state index is 13.5. The summed E-state index contributed by atoms with van der Waals surface area (Å²) in [5, 5.41) is 2.61. The van der Waals surface area contributed by atoms with E-state index < -0.39 is 27.8 Å². The van der Waals surface area contributed by atoms with Gasteiger partial charge in [0.1, 0.15) is 11.9 Å². The predicted molar refractivity (Wildman–Crippen MR) is 115 cm³/mol. The molecule has 1 N–H and O–H groups in total. The Balaban J connectivity index is 2.07. The van der Waals surface area contributed by atoms with Crippen LogP contribution >= 0.6 is 11.6 Å². The molecule has 0 spiro atoms. The Labute approximate surface area is 176 Å². The Bertz CT molecular complexity index is 949. The second kappa shape index (κ2) is 10.1. The number of nitrogens with one attached hydrogen (secondary N) is 1. The zero-order valence-corrected chi connectivity index (χ0v) is 18.4. The molecule has 0 saturated heterocycles. The summed E-state index contributed by atoms with van der Waals surface area (Å²) in [7, 11) is -3.79. The average molecular weight is 441 g/mol. The van der Waals surface area contributed by atoms with E-state index in [-0.39, 0.29) is 17.1 Å². The Morgan fingerprint density at radius 3 is 2.41 bits per heavy atom. The van der Waals surface area contributed by atoms with Crippen LogP contribution in [-0.4, -0.2) is 33.2 Å². The van der Waals surface area contributed by atoms with Crippen LogP contribution in [0.25, 0.3) is 0 Å². The minimum absolute atomic E-state index is 0.153. The fraction of sp³-hybridized carbons (Fsp3) is 0.381. The monoisotopic (exact) mass is 440 g/mol. The predicted octanol–water partition coefficient (Wildman–Crippen LogP) is 4.08. The molecule has 2 aromatic carbocycles. The lowest BCUT2D eigenvalue weighted by Gasteiger charge is -2.30. The first-order chi connectivity index (χ1) is 13.6. The number of sulfonamides is 1. The van der Waals surface area contributed by atoms with E-state index in [1.54, 1.807) is 6.92 Å². The zero-order valence-electron chi connectivity index (χ0n) is 16.8. The van der Waals surface area contributed by atoms with Crippen LogP contribution in [0.1, 0.15) is 30.9 Å². The van der Waals surface area contributed by atoms with Crippen molar-refractivity contribution in [3.05, 3.63) is 64.4 Å². The van der Waals surface area contributed by atoms with Gasteiger partial charge in [-0.3, -0.25) is 9.10 Å². The van der Waals surface area contributed by atoms with Crippen LogP contribution in [-0.2, 0) is 21.2 Å². The SMILES string of the molecule is CCC(C(=O)NCCCc1ccc(C)cc1)N(c1ccc(F)c(Cl)c1)S(C)(=O)=O. The highest BCUT2D eigenvalue weighted by Gasteiger charge is 2.31. The summed E-state index contributed by atoms with van der Waals surface area (Å²) in [6.45, 7) is 4.17. The standard InChI is InChI=1S/C21H26ClFN2O3S/c1-4-20(21(26)24-13-5-6-16-9-7-15(2)8-10-16)25(29(3,27)28)17-11-12-19(23)18(22)14-17/h7-12,14,20H,4-6,13H2,1-3H3,(H,24,26). The lowest BCUT2D eigenvalue weighted by molar-refractivity contribution is -0.122. The molecule has 0 fully saturated rings. The van der Waals surface area contributed by atoms with E-state index in [1.165, 1.54) is 23.3 Å². The summed E-state index contributed by atoms with van der Waals surface area (Å²) in [4.78, 5) is 12.7. The molecule has 0 aliphatic heterocycles. The number of hydrogen-bond donors (Lipinski definition) is 1. The van der Waals surface area contributed by atoms with Crippen molar-refractivity contribution in [3.63, 3.8) is 0 Å². The highest BCUT2D eigenvalue weighted by Crippen LogP contribution is 2.27. The number of halogens is 2. The summed E-state index contributed by atoms with van der Waals surface area (Å²) in [5.74, 6) is -1.06. The Morgan fingerprint density at radius 1 is 1.21 bits per heavy atom. The lowest BCUT2D eigenvalue weighted by Crippen LogP contribution is -2.49. The van der Waals surface area contributed by atoms with Crippen LogP contribution in [0.15, 0.2) is 42.5 Å². The molecule has 0 aliphatic carbocycles. The molecule has 1 amide bonds. The molecule has 0 heterocycles. The van der Waals surface area contributed by atoms with Crippen molar-refractivity contribution >= 4 is 33.2 Å². The van der Waals surface area contributed by atoms with Crippen molar-refractivity contribution in [1.29, 1.82) is 0 Å². The van der Waals surface area contributed by atoms with Gasteiger partial charge in [-0.25, -0.2) is 12.8 Å². The maximum atomic E-state index is 13.5. The maximum Gasteiger partial charge on any atom is 0.243 e. The molecule has 0 aliphatic rings. The minimum Gasteiger partial charge on any atom is -0.354 e. The number of anilines is 1. The Hall–Kier alpha value is -2.12. The van der Waals surface area contributed by atoms with Gasteiger partial charge in [-0.15, -0.1) is 0 Å². The number of carbonyl (C=O) groups excluding carboxylic acids is 1. The molecule has 8 heteroatoms. The van der Waals surface area contributed by atoms with Gasteiger partial charge < -0.3 is 5.32 Å². The first-order valence-electron chi connectivity index (χ1n) is 9.41. The molecule has 0 saturated carbocycles. The normalized spacial score (nSPS) is 12.4. The van der Waals surface area contributed by atoms with Crippen LogP contribution in [0.4, 0.5) is 10.1 Å². The third kappa shape index (κ3) is 6.44. The third-order valence-corrected chi connectivity index (χ3v) is 6.02. The van der Waals surface area contributed by atoms with E-state index >= 15 is 0 Å². The first-order valence-corrected chi connectivity index (χ1v) is 11.6. The molecular formula is C21H26ClFN2O3S. The number of rotatable bonds is 9. The molecular weight excluding hydrogens is 415 g/mol. The third-order valence-electron chi connectivity index (χ3n) is 4.55. The minimum atomic E-state index is -3.79. The number of nitrogens with zero attached hydrogens (tertiary/aromatic N) is 1. The topological polar surface area (TPSA) is 66.5 Å². The Kier molecular flexibility index (Phi) is 8.05. The van der Waals surface area contributed by atoms with E-state index in [2.05, 4.69) is 17.4 Å². The van der Waals surface area contributed by atoms with Gasteiger partial charge in [0.2, 0.25) is 15.9 Å². The molecule has 0 bridgehead atoms. The van der Waals surface area contributed by atoms with Crippen molar-refractivity contribution in [2.45, 2.75) is 39.2 Å². The van der Waals surface area contributed by atoms with Gasteiger partial charge in [0.25, 0.3) is 0 Å². The van der Waals surface area contributed by atoms with Crippen LogP contribution in [0, 0.1) is 12.7 Å². The highest BCUT2D eigenvalue weighted by molar-refractivity contribution is 7.92. The number of carbonyl (C=O) groups is 1. The fourth-order valence-corrected chi connectivity index (χ4v) is 4.44. The molecule has 0 aromatic heterocycles. The van der Waals surface area contributed by atoms with E-state index in [0.29, 0.717) is 6.54 Å². The van der Waals surface area contributed by atoms with Crippen LogP contribution in [0.5, 0.6) is 0 Å². The molecule has 1 atom stereocenters. The van der Waals surface area contributed by atoms with E-state index in [9.17, 15) is 17.6 Å². The van der Waals surface area contributed by atoms with E-state index in [1.807, 2.05) is 19.1 Å². The molecule has 2 aromatic rings. The summed E-state index contributed by atoms with van der Waals surface area (Å²) >= 11 is 5.81. The van der Waals surface area contributed by atoms with E-state index in [4.69, 9.17) is 11.6 Å². The van der Waals surface area contributed by atoms with Gasteiger partial charge >= 0.3 is 0 Å². The number of aryl methyl sites for hydroxylation is 2. The van der Waals surface area contributed by atoms with Crippen LogP contribution in [0.3, 0.4) is 0 Å². The van der Waals surface area contributed by atoms with Gasteiger partial charge in [-0.2, -0.15) is 0 Å². The van der Waals surface area contributed by atoms with Crippen LogP contribution in [0.2, 0.25) is 5.02 Å². The van der Waals surface area contributed by atoms with E-state index in [0.717, 1.165) is 29.5 Å². The van der Waals surface area contributed by atoms with Gasteiger partial charge in [0.05, 0.1) is 17.0 Å². The van der Waals surface area contributed by atoms with Gasteiger partial charge in [-0.05, 0) is 49.9 Å². The molecule has 158 valence electrons. The summed E-state index contributed by atoms with van der Waals surface area (Å²) in [5.41, 5.74) is 2.52. The van der Waals surface area contributed by atoms with Crippen molar-refractivity contribution < 1.29 is 17.6 Å². The number of benzene rings is 2. The summed E-state index contributed by atoms with van der Waals surface area (Å²) < 4.78 is 39.3. The van der Waals surface area contributed by atoms with Crippen molar-refractivity contribution in [2.24, 2.45) is 0 Å².